The van der Waals surface area contributed by atoms with Gasteiger partial charge >= 0.3 is 6.09 Å². The van der Waals surface area contributed by atoms with E-state index in [1.807, 2.05) is 31.7 Å². The summed E-state index contributed by atoms with van der Waals surface area (Å²) in [5, 5.41) is 3.79. The molecular weight excluding hydrogens is 302 g/mol. The minimum absolute atomic E-state index is 0.138. The first-order valence-electron chi connectivity index (χ1n) is 7.70. The maximum Gasteiger partial charge on any atom is 0.410 e. The fourth-order valence-corrected chi connectivity index (χ4v) is 2.60. The van der Waals surface area contributed by atoms with Gasteiger partial charge in [0.2, 0.25) is 0 Å². The summed E-state index contributed by atoms with van der Waals surface area (Å²) < 4.78 is 5.50. The van der Waals surface area contributed by atoms with Gasteiger partial charge in [0.05, 0.1) is 17.9 Å². The Morgan fingerprint density at radius 1 is 1.45 bits per heavy atom. The van der Waals surface area contributed by atoms with Gasteiger partial charge in [-0.2, -0.15) is 0 Å². The van der Waals surface area contributed by atoms with Crippen LogP contribution in [0.5, 0.6) is 0 Å². The van der Waals surface area contributed by atoms with E-state index in [0.29, 0.717) is 11.7 Å². The van der Waals surface area contributed by atoms with Gasteiger partial charge in [-0.1, -0.05) is 11.6 Å². The van der Waals surface area contributed by atoms with Gasteiger partial charge in [0.25, 0.3) is 0 Å². The predicted octanol–water partition coefficient (Wildman–Crippen LogP) is 3.94. The number of hydrogen-bond acceptors (Lipinski definition) is 4. The van der Waals surface area contributed by atoms with Gasteiger partial charge in [-0.05, 0) is 52.2 Å². The van der Waals surface area contributed by atoms with Crippen LogP contribution in [-0.2, 0) is 4.74 Å². The number of piperidine rings is 1. The van der Waals surface area contributed by atoms with Crippen LogP contribution in [0.4, 0.5) is 10.5 Å². The lowest BCUT2D eigenvalue weighted by Gasteiger charge is -2.37. The molecule has 6 heteroatoms. The van der Waals surface area contributed by atoms with Crippen LogP contribution in [-0.4, -0.2) is 40.7 Å². The first-order chi connectivity index (χ1) is 10.3. The molecule has 1 saturated heterocycles. The van der Waals surface area contributed by atoms with Crippen molar-refractivity contribution >= 4 is 23.4 Å². The Morgan fingerprint density at radius 2 is 2.23 bits per heavy atom. The van der Waals surface area contributed by atoms with Crippen molar-refractivity contribution in [1.29, 1.82) is 0 Å². The number of rotatable bonds is 3. The van der Waals surface area contributed by atoms with Crippen LogP contribution < -0.4 is 5.32 Å². The first-order valence-corrected chi connectivity index (χ1v) is 8.08. The van der Waals surface area contributed by atoms with Crippen molar-refractivity contribution in [1.82, 2.24) is 9.88 Å². The Morgan fingerprint density at radius 3 is 2.86 bits per heavy atom. The van der Waals surface area contributed by atoms with Gasteiger partial charge in [-0.15, -0.1) is 0 Å². The smallest absolute Gasteiger partial charge is 0.410 e. The summed E-state index contributed by atoms with van der Waals surface area (Å²) in [5.74, 6) is 0. The van der Waals surface area contributed by atoms with Gasteiger partial charge in [-0.3, -0.25) is 0 Å². The second kappa shape index (κ2) is 7.18. The average Bonchev–Trinajstić information content (AvgIpc) is 2.45. The number of halogens is 1. The molecule has 1 amide bonds. The van der Waals surface area contributed by atoms with Crippen LogP contribution in [0.3, 0.4) is 0 Å². The summed E-state index contributed by atoms with van der Waals surface area (Å²) in [6.45, 7) is 7.10. The zero-order valence-corrected chi connectivity index (χ0v) is 14.2. The fourth-order valence-electron chi connectivity index (χ4n) is 2.49. The summed E-state index contributed by atoms with van der Waals surface area (Å²) in [7, 11) is 0. The summed E-state index contributed by atoms with van der Waals surface area (Å²) in [6, 6.07) is 3.77. The summed E-state index contributed by atoms with van der Waals surface area (Å²) in [4.78, 5) is 18.2. The molecule has 1 unspecified atom stereocenters. The molecule has 1 aromatic rings. The predicted molar refractivity (Wildman–Crippen MR) is 88.3 cm³/mol. The highest BCUT2D eigenvalue weighted by Gasteiger charge is 2.30. The van der Waals surface area contributed by atoms with E-state index in [9.17, 15) is 4.79 Å². The average molecular weight is 326 g/mol. The van der Waals surface area contributed by atoms with Crippen molar-refractivity contribution in [3.05, 3.63) is 23.5 Å². The van der Waals surface area contributed by atoms with E-state index in [1.54, 1.807) is 12.3 Å². The molecule has 1 N–H and O–H groups in total. The highest BCUT2D eigenvalue weighted by Crippen LogP contribution is 2.21. The number of anilines is 1. The largest absolute Gasteiger partial charge is 0.444 e. The normalized spacial score (nSPS) is 18.9. The van der Waals surface area contributed by atoms with Gasteiger partial charge in [0, 0.05) is 13.1 Å². The third-order valence-corrected chi connectivity index (χ3v) is 3.75. The van der Waals surface area contributed by atoms with E-state index < -0.39 is 5.60 Å². The van der Waals surface area contributed by atoms with Crippen LogP contribution in [0.15, 0.2) is 18.3 Å². The van der Waals surface area contributed by atoms with Crippen molar-refractivity contribution in [3.63, 3.8) is 0 Å². The van der Waals surface area contributed by atoms with Crippen LogP contribution in [0.25, 0.3) is 0 Å². The van der Waals surface area contributed by atoms with Crippen LogP contribution in [0, 0.1) is 0 Å². The van der Waals surface area contributed by atoms with Crippen molar-refractivity contribution in [2.75, 3.05) is 18.4 Å². The van der Waals surface area contributed by atoms with Gasteiger partial charge in [0.1, 0.15) is 10.8 Å². The highest BCUT2D eigenvalue weighted by atomic mass is 35.5. The molecular formula is C16H24ClN3O2. The minimum Gasteiger partial charge on any atom is -0.444 e. The Hall–Kier alpha value is -1.49. The number of carbonyl (C=O) groups is 1. The number of likely N-dealkylation sites (tertiary alicyclic amines) is 1. The Kier molecular flexibility index (Phi) is 5.51. The molecule has 0 aliphatic carbocycles. The maximum absolute atomic E-state index is 12.3. The Labute approximate surface area is 137 Å². The number of hydrogen-bond donors (Lipinski definition) is 1. The first kappa shape index (κ1) is 16.9. The van der Waals surface area contributed by atoms with E-state index in [-0.39, 0.29) is 12.1 Å². The van der Waals surface area contributed by atoms with Gasteiger partial charge < -0.3 is 15.0 Å². The molecule has 22 heavy (non-hydrogen) atoms. The molecule has 0 saturated carbocycles. The van der Waals surface area contributed by atoms with Crippen LogP contribution >= 0.6 is 11.6 Å². The molecule has 1 aliphatic rings. The standard InChI is InChI=1S/C16H24ClN3O2/c1-16(2,3)22-15(21)20-9-5-4-6-13(20)11-18-12-7-8-14(17)19-10-12/h7-8,10,13,18H,4-6,9,11H2,1-3H3. The summed E-state index contributed by atoms with van der Waals surface area (Å²) >= 11 is 5.78. The molecule has 2 heterocycles. The van der Waals surface area contributed by atoms with E-state index >= 15 is 0 Å². The molecule has 1 fully saturated rings. The lowest BCUT2D eigenvalue weighted by molar-refractivity contribution is 0.0114. The number of nitrogens with one attached hydrogen (secondary N) is 1. The third-order valence-electron chi connectivity index (χ3n) is 3.52. The van der Waals surface area contributed by atoms with E-state index in [4.69, 9.17) is 16.3 Å². The number of nitrogens with zero attached hydrogens (tertiary/aromatic N) is 2. The zero-order valence-electron chi connectivity index (χ0n) is 13.4. The molecule has 122 valence electrons. The van der Waals surface area contributed by atoms with Crippen LogP contribution in [0.1, 0.15) is 40.0 Å². The number of pyridine rings is 1. The molecule has 0 aromatic carbocycles. The molecule has 0 radical (unpaired) electrons. The van der Waals surface area contributed by atoms with E-state index in [0.717, 1.165) is 31.5 Å². The van der Waals surface area contributed by atoms with Crippen LogP contribution in [0.2, 0.25) is 5.15 Å². The van der Waals surface area contributed by atoms with Crippen molar-refractivity contribution in [3.8, 4) is 0 Å². The summed E-state index contributed by atoms with van der Waals surface area (Å²) in [5.41, 5.74) is 0.436. The number of carbonyl (C=O) groups excluding carboxylic acids is 1. The molecule has 1 atom stereocenters. The topological polar surface area (TPSA) is 54.5 Å². The molecule has 2 rings (SSSR count). The molecule has 5 nitrogen and oxygen atoms in total. The van der Waals surface area contributed by atoms with E-state index in [2.05, 4.69) is 10.3 Å². The SMILES string of the molecule is CC(C)(C)OC(=O)N1CCCCC1CNc1ccc(Cl)nc1. The molecule has 1 aromatic heterocycles. The van der Waals surface area contributed by atoms with Crippen molar-refractivity contribution in [2.24, 2.45) is 0 Å². The monoisotopic (exact) mass is 325 g/mol. The number of ether oxygens (including phenoxy) is 1. The Bertz CT molecular complexity index is 499. The van der Waals surface area contributed by atoms with E-state index in [1.165, 1.54) is 0 Å². The third kappa shape index (κ3) is 5.05. The highest BCUT2D eigenvalue weighted by molar-refractivity contribution is 6.29. The Balaban J connectivity index is 1.94. The van der Waals surface area contributed by atoms with Gasteiger partial charge in [0.15, 0.2) is 0 Å². The lowest BCUT2D eigenvalue weighted by Crippen LogP contribution is -2.48. The second-order valence-electron chi connectivity index (χ2n) is 6.57. The van der Waals surface area contributed by atoms with Gasteiger partial charge in [-0.25, -0.2) is 9.78 Å². The maximum atomic E-state index is 12.3. The van der Waals surface area contributed by atoms with Crippen molar-refractivity contribution < 1.29 is 9.53 Å². The second-order valence-corrected chi connectivity index (χ2v) is 6.96. The number of aromatic nitrogens is 1. The minimum atomic E-state index is -0.466. The fraction of sp³-hybridized carbons (Fsp3) is 0.625. The summed E-state index contributed by atoms with van der Waals surface area (Å²) in [6.07, 6.45) is 4.60. The molecule has 0 bridgehead atoms. The quantitative estimate of drug-likeness (QED) is 0.855. The lowest BCUT2D eigenvalue weighted by atomic mass is 10.0. The van der Waals surface area contributed by atoms with Crippen molar-refractivity contribution in [2.45, 2.75) is 51.7 Å². The molecule has 1 aliphatic heterocycles. The zero-order chi connectivity index (χ0) is 16.2. The molecule has 0 spiro atoms. The number of amides is 1.